The number of nitrogens with one attached hydrogen (secondary N) is 1. The Kier molecular flexibility index (Phi) is 6.23. The van der Waals surface area contributed by atoms with Crippen LogP contribution in [0.3, 0.4) is 0 Å². The van der Waals surface area contributed by atoms with Crippen LogP contribution in [0.1, 0.15) is 48.0 Å². The maximum Gasteiger partial charge on any atom is 0.329 e. The number of hydrogen-bond donors (Lipinski definition) is 1. The molecule has 2 amide bonds. The predicted octanol–water partition coefficient (Wildman–Crippen LogP) is 2.49. The first kappa shape index (κ1) is 23.0. The van der Waals surface area contributed by atoms with Gasteiger partial charge >= 0.3 is 5.69 Å². The first-order valence-corrected chi connectivity index (χ1v) is 12.0. The van der Waals surface area contributed by atoms with E-state index in [9.17, 15) is 23.6 Å². The molecular weight excluding hydrogens is 451 g/mol. The van der Waals surface area contributed by atoms with Crippen molar-refractivity contribution in [1.29, 1.82) is 0 Å². The molecule has 1 aromatic heterocycles. The first-order valence-electron chi connectivity index (χ1n) is 12.0. The molecule has 0 unspecified atom stereocenters. The Hall–Kier alpha value is -3.75. The van der Waals surface area contributed by atoms with Crippen LogP contribution in [0.2, 0.25) is 0 Å². The van der Waals surface area contributed by atoms with Gasteiger partial charge in [0.25, 0.3) is 11.5 Å². The van der Waals surface area contributed by atoms with Gasteiger partial charge in [-0.05, 0) is 42.7 Å². The van der Waals surface area contributed by atoms with Crippen molar-refractivity contribution in [2.24, 2.45) is 0 Å². The lowest BCUT2D eigenvalue weighted by Crippen LogP contribution is -2.55. The number of hydrogen-bond acceptors (Lipinski definition) is 4. The number of benzene rings is 2. The summed E-state index contributed by atoms with van der Waals surface area (Å²) in [5.74, 6) is -1.32. The zero-order valence-corrected chi connectivity index (χ0v) is 19.3. The summed E-state index contributed by atoms with van der Waals surface area (Å²) in [4.78, 5) is 56.2. The predicted molar refractivity (Wildman–Crippen MR) is 129 cm³/mol. The number of nitrogens with zero attached hydrogens (tertiary/aromatic N) is 3. The third-order valence-corrected chi connectivity index (χ3v) is 7.07. The Morgan fingerprint density at radius 2 is 1.77 bits per heavy atom. The fourth-order valence-corrected chi connectivity index (χ4v) is 5.23. The maximum absolute atomic E-state index is 14.7. The highest BCUT2D eigenvalue weighted by atomic mass is 19.1. The van der Waals surface area contributed by atoms with Crippen molar-refractivity contribution in [3.05, 3.63) is 80.2 Å². The highest BCUT2D eigenvalue weighted by Gasteiger charge is 2.33. The molecular formula is C26H27FN4O4. The quantitative estimate of drug-likeness (QED) is 0.623. The number of aromatic amines is 1. The number of carbonyl (C=O) groups excluding carboxylic acids is 2. The Bertz CT molecular complexity index is 1410. The Balaban J connectivity index is 1.37. The summed E-state index contributed by atoms with van der Waals surface area (Å²) in [7, 11) is 0. The van der Waals surface area contributed by atoms with Crippen molar-refractivity contribution in [3.63, 3.8) is 0 Å². The molecule has 5 rings (SSSR count). The molecule has 0 spiro atoms. The van der Waals surface area contributed by atoms with E-state index in [2.05, 4.69) is 4.98 Å². The van der Waals surface area contributed by atoms with E-state index >= 15 is 0 Å². The van der Waals surface area contributed by atoms with E-state index in [1.54, 1.807) is 24.3 Å². The van der Waals surface area contributed by atoms with Crippen LogP contribution in [-0.2, 0) is 11.3 Å². The number of rotatable bonds is 4. The second-order valence-corrected chi connectivity index (χ2v) is 9.28. The van der Waals surface area contributed by atoms with E-state index in [0.29, 0.717) is 29.6 Å². The molecule has 0 atom stereocenters. The Morgan fingerprint density at radius 1 is 1.00 bits per heavy atom. The van der Waals surface area contributed by atoms with Crippen LogP contribution >= 0.6 is 0 Å². The SMILES string of the molecule is O=C(c1cc(Cn2c(=O)[nH]c(=O)c3ccccc32)ccc1F)N1CCN(C2CCCCC2)C(=O)C1. The maximum atomic E-state index is 14.7. The standard InChI is InChI=1S/C26H27FN4O4/c27-21-11-10-17(15-31-22-9-5-4-8-19(22)24(33)28-26(31)35)14-20(21)25(34)29-12-13-30(23(32)16-29)18-6-2-1-3-7-18/h4-5,8-11,14,18H,1-3,6-7,12-13,15-16H2,(H,28,33,35). The second-order valence-electron chi connectivity index (χ2n) is 9.28. The largest absolute Gasteiger partial charge is 0.336 e. The number of piperazine rings is 1. The van der Waals surface area contributed by atoms with E-state index < -0.39 is 23.0 Å². The van der Waals surface area contributed by atoms with Gasteiger partial charge in [-0.15, -0.1) is 0 Å². The highest BCUT2D eigenvalue weighted by molar-refractivity contribution is 5.97. The van der Waals surface area contributed by atoms with Crippen molar-refractivity contribution in [2.45, 2.75) is 44.7 Å². The zero-order chi connectivity index (χ0) is 24.5. The number of carbonyl (C=O) groups is 2. The summed E-state index contributed by atoms with van der Waals surface area (Å²) in [5.41, 5.74) is -0.225. The van der Waals surface area contributed by atoms with Crippen molar-refractivity contribution >= 4 is 22.7 Å². The monoisotopic (exact) mass is 478 g/mol. The van der Waals surface area contributed by atoms with Gasteiger partial charge in [0.05, 0.1) is 23.0 Å². The van der Waals surface area contributed by atoms with Crippen molar-refractivity contribution in [3.8, 4) is 0 Å². The van der Waals surface area contributed by atoms with Gasteiger partial charge in [-0.3, -0.25) is 23.9 Å². The number of fused-ring (bicyclic) bond motifs is 1. The fourth-order valence-electron chi connectivity index (χ4n) is 5.23. The zero-order valence-electron chi connectivity index (χ0n) is 19.3. The third kappa shape index (κ3) is 4.50. The number of H-pyrrole nitrogens is 1. The highest BCUT2D eigenvalue weighted by Crippen LogP contribution is 2.25. The average molecular weight is 479 g/mol. The van der Waals surface area contributed by atoms with E-state index in [-0.39, 0.29) is 30.6 Å². The third-order valence-electron chi connectivity index (χ3n) is 7.07. The summed E-state index contributed by atoms with van der Waals surface area (Å²) >= 11 is 0. The van der Waals surface area contributed by atoms with Crippen LogP contribution in [0, 0.1) is 5.82 Å². The van der Waals surface area contributed by atoms with Crippen LogP contribution in [0.5, 0.6) is 0 Å². The lowest BCUT2D eigenvalue weighted by molar-refractivity contribution is -0.138. The number of halogens is 1. The van der Waals surface area contributed by atoms with Crippen molar-refractivity contribution < 1.29 is 14.0 Å². The van der Waals surface area contributed by atoms with Crippen LogP contribution in [0.15, 0.2) is 52.1 Å². The summed E-state index contributed by atoms with van der Waals surface area (Å²) < 4.78 is 16.1. The average Bonchev–Trinajstić information content (AvgIpc) is 2.87. The van der Waals surface area contributed by atoms with Gasteiger partial charge in [-0.25, -0.2) is 9.18 Å². The van der Waals surface area contributed by atoms with Crippen LogP contribution in [0.4, 0.5) is 4.39 Å². The molecule has 2 aliphatic rings. The molecule has 1 saturated carbocycles. The van der Waals surface area contributed by atoms with E-state index in [0.717, 1.165) is 25.7 Å². The summed E-state index contributed by atoms with van der Waals surface area (Å²) in [6, 6.07) is 11.1. The van der Waals surface area contributed by atoms with Gasteiger partial charge in [0.15, 0.2) is 0 Å². The van der Waals surface area contributed by atoms with E-state index in [1.165, 1.54) is 34.1 Å². The van der Waals surface area contributed by atoms with Gasteiger partial charge in [0.2, 0.25) is 5.91 Å². The Labute approximate surface area is 201 Å². The molecule has 3 aromatic rings. The number of para-hydroxylation sites is 1. The molecule has 9 heteroatoms. The van der Waals surface area contributed by atoms with Crippen LogP contribution < -0.4 is 11.2 Å². The van der Waals surface area contributed by atoms with Crippen molar-refractivity contribution in [1.82, 2.24) is 19.4 Å². The molecule has 35 heavy (non-hydrogen) atoms. The molecule has 8 nitrogen and oxygen atoms in total. The van der Waals surface area contributed by atoms with Crippen LogP contribution in [-0.4, -0.2) is 56.8 Å². The normalized spacial score (nSPS) is 17.2. The molecule has 0 bridgehead atoms. The molecule has 1 saturated heterocycles. The van der Waals surface area contributed by atoms with Gasteiger partial charge < -0.3 is 9.80 Å². The minimum Gasteiger partial charge on any atom is -0.336 e. The van der Waals surface area contributed by atoms with Gasteiger partial charge in [-0.1, -0.05) is 37.5 Å². The molecule has 0 radical (unpaired) electrons. The molecule has 182 valence electrons. The van der Waals surface area contributed by atoms with Gasteiger partial charge in [0.1, 0.15) is 12.4 Å². The Morgan fingerprint density at radius 3 is 2.54 bits per heavy atom. The molecule has 1 aliphatic carbocycles. The number of amides is 2. The molecule has 2 fully saturated rings. The smallest absolute Gasteiger partial charge is 0.329 e. The lowest BCUT2D eigenvalue weighted by atomic mass is 9.93. The summed E-state index contributed by atoms with van der Waals surface area (Å²) in [6.07, 6.45) is 5.41. The first-order chi connectivity index (χ1) is 16.9. The van der Waals surface area contributed by atoms with Crippen molar-refractivity contribution in [2.75, 3.05) is 19.6 Å². The number of aromatic nitrogens is 2. The molecule has 2 aromatic carbocycles. The van der Waals surface area contributed by atoms with Crippen LogP contribution in [0.25, 0.3) is 10.9 Å². The fraction of sp³-hybridized carbons (Fsp3) is 0.385. The molecule has 1 N–H and O–H groups in total. The van der Waals surface area contributed by atoms with Gasteiger partial charge in [-0.2, -0.15) is 0 Å². The summed E-state index contributed by atoms with van der Waals surface area (Å²) in [6.45, 7) is 0.790. The lowest BCUT2D eigenvalue weighted by Gasteiger charge is -2.40. The minimum atomic E-state index is -0.681. The molecule has 1 aliphatic heterocycles. The second kappa shape index (κ2) is 9.48. The topological polar surface area (TPSA) is 95.5 Å². The van der Waals surface area contributed by atoms with Gasteiger partial charge in [0, 0.05) is 19.1 Å². The molecule has 2 heterocycles. The minimum absolute atomic E-state index is 0.0467. The summed E-state index contributed by atoms with van der Waals surface area (Å²) in [5, 5.41) is 0.361. The van der Waals surface area contributed by atoms with E-state index in [1.807, 2.05) is 4.90 Å². The van der Waals surface area contributed by atoms with E-state index in [4.69, 9.17) is 0 Å².